The number of carbonyl (C=O) groups is 1. The third kappa shape index (κ3) is 4.91. The van der Waals surface area contributed by atoms with Crippen molar-refractivity contribution in [1.82, 2.24) is 24.8 Å². The van der Waals surface area contributed by atoms with Crippen LogP contribution in [0.1, 0.15) is 34.8 Å². The first-order valence-electron chi connectivity index (χ1n) is 11.1. The van der Waals surface area contributed by atoms with E-state index in [1.165, 1.54) is 18.5 Å². The Kier molecular flexibility index (Phi) is 6.20. The summed E-state index contributed by atoms with van der Waals surface area (Å²) in [4.78, 5) is 32.1. The van der Waals surface area contributed by atoms with Gasteiger partial charge in [-0.1, -0.05) is 12.1 Å². The number of aromatic nitrogens is 4. The average Bonchev–Trinajstić information content (AvgIpc) is 2.89. The number of halogens is 1. The fraction of sp³-hybridized carbons (Fsp3) is 0.192. The topological polar surface area (TPSA) is 81.1 Å². The van der Waals surface area contributed by atoms with Crippen LogP contribution in [0.25, 0.3) is 11.1 Å². The van der Waals surface area contributed by atoms with Crippen molar-refractivity contribution in [1.29, 1.82) is 0 Å². The van der Waals surface area contributed by atoms with Gasteiger partial charge >= 0.3 is 0 Å². The van der Waals surface area contributed by atoms with Gasteiger partial charge in [0.05, 0.1) is 5.56 Å². The molecule has 1 saturated heterocycles. The van der Waals surface area contributed by atoms with Crippen LogP contribution in [-0.4, -0.2) is 43.8 Å². The van der Waals surface area contributed by atoms with Gasteiger partial charge in [0, 0.05) is 72.7 Å². The van der Waals surface area contributed by atoms with Gasteiger partial charge in [0.1, 0.15) is 17.9 Å². The molecule has 0 radical (unpaired) electrons. The number of carbonyl (C=O) groups excluding carboxylic acids is 1. The molecular weight excluding hydrogens is 433 g/mol. The zero-order chi connectivity index (χ0) is 23.3. The summed E-state index contributed by atoms with van der Waals surface area (Å²) in [6.45, 7) is 1.22. The third-order valence-corrected chi connectivity index (χ3v) is 5.77. The molecule has 170 valence electrons. The Morgan fingerprint density at radius 3 is 2.65 bits per heavy atom. The van der Waals surface area contributed by atoms with Gasteiger partial charge in [-0.2, -0.15) is 0 Å². The first-order valence-corrected chi connectivity index (χ1v) is 11.1. The maximum atomic E-state index is 13.5. The van der Waals surface area contributed by atoms with Crippen LogP contribution in [0.5, 0.6) is 11.6 Å². The molecule has 0 spiro atoms. The van der Waals surface area contributed by atoms with Crippen molar-refractivity contribution in [3.63, 3.8) is 0 Å². The molecule has 5 rings (SSSR count). The van der Waals surface area contributed by atoms with E-state index in [1.807, 2.05) is 23.1 Å². The first kappa shape index (κ1) is 21.6. The molecule has 3 aromatic heterocycles. The third-order valence-electron chi connectivity index (χ3n) is 5.77. The predicted octanol–water partition coefficient (Wildman–Crippen LogP) is 4.88. The molecular formula is C26H22FN5O2. The molecule has 7 nitrogen and oxygen atoms in total. The SMILES string of the molecule is O=C(c1cncc(-c2cncnc2)c1)N1CCC[C@@H](c2cccc(Oc3cccc(F)c3)n2)C1. The van der Waals surface area contributed by atoms with Crippen LogP contribution in [0.3, 0.4) is 0 Å². The molecule has 1 fully saturated rings. The van der Waals surface area contributed by atoms with Crippen molar-refractivity contribution < 1.29 is 13.9 Å². The quantitative estimate of drug-likeness (QED) is 0.426. The van der Waals surface area contributed by atoms with Crippen LogP contribution in [0.2, 0.25) is 0 Å². The van der Waals surface area contributed by atoms with Crippen molar-refractivity contribution in [3.05, 3.63) is 96.7 Å². The number of nitrogens with zero attached hydrogens (tertiary/aromatic N) is 5. The molecule has 8 heteroatoms. The van der Waals surface area contributed by atoms with E-state index < -0.39 is 0 Å². The lowest BCUT2D eigenvalue weighted by molar-refractivity contribution is 0.0705. The van der Waals surface area contributed by atoms with E-state index >= 15 is 0 Å². The molecule has 4 aromatic rings. The summed E-state index contributed by atoms with van der Waals surface area (Å²) >= 11 is 0. The highest BCUT2D eigenvalue weighted by atomic mass is 19.1. The summed E-state index contributed by atoms with van der Waals surface area (Å²) in [5.74, 6) is 0.429. The molecule has 0 saturated carbocycles. The van der Waals surface area contributed by atoms with Crippen LogP contribution >= 0.6 is 0 Å². The lowest BCUT2D eigenvalue weighted by Gasteiger charge is -2.32. The number of pyridine rings is 2. The van der Waals surface area contributed by atoms with Crippen LogP contribution in [0.15, 0.2) is 79.6 Å². The minimum absolute atomic E-state index is 0.0666. The Morgan fingerprint density at radius 2 is 1.79 bits per heavy atom. The van der Waals surface area contributed by atoms with Crippen molar-refractivity contribution >= 4 is 5.91 Å². The first-order chi connectivity index (χ1) is 16.7. The number of benzene rings is 1. The summed E-state index contributed by atoms with van der Waals surface area (Å²) in [5, 5.41) is 0. The molecule has 1 aliphatic rings. The minimum atomic E-state index is -0.367. The molecule has 1 atom stereocenters. The zero-order valence-corrected chi connectivity index (χ0v) is 18.3. The average molecular weight is 455 g/mol. The van der Waals surface area contributed by atoms with E-state index in [9.17, 15) is 9.18 Å². The fourth-order valence-electron chi connectivity index (χ4n) is 4.11. The Bertz CT molecular complexity index is 1300. The zero-order valence-electron chi connectivity index (χ0n) is 18.3. The lowest BCUT2D eigenvalue weighted by atomic mass is 9.93. The highest BCUT2D eigenvalue weighted by Crippen LogP contribution is 2.29. The van der Waals surface area contributed by atoms with Gasteiger partial charge in [-0.05, 0) is 37.1 Å². The molecule has 0 N–H and O–H groups in total. The van der Waals surface area contributed by atoms with E-state index in [0.717, 1.165) is 29.7 Å². The van der Waals surface area contributed by atoms with E-state index in [-0.39, 0.29) is 17.6 Å². The minimum Gasteiger partial charge on any atom is -0.439 e. The molecule has 0 unspecified atom stereocenters. The Hall–Kier alpha value is -4.20. The molecule has 0 aliphatic carbocycles. The highest BCUT2D eigenvalue weighted by molar-refractivity contribution is 5.95. The normalized spacial score (nSPS) is 15.7. The number of ether oxygens (including phenoxy) is 1. The largest absolute Gasteiger partial charge is 0.439 e. The van der Waals surface area contributed by atoms with Gasteiger partial charge in [0.2, 0.25) is 5.88 Å². The van der Waals surface area contributed by atoms with E-state index in [1.54, 1.807) is 43.0 Å². The second-order valence-electron chi connectivity index (χ2n) is 8.14. The van der Waals surface area contributed by atoms with Crippen LogP contribution < -0.4 is 4.74 Å². The summed E-state index contributed by atoms with van der Waals surface area (Å²) in [6.07, 6.45) is 9.92. The number of hydrogen-bond acceptors (Lipinski definition) is 6. The Morgan fingerprint density at radius 1 is 0.971 bits per heavy atom. The van der Waals surface area contributed by atoms with Gasteiger partial charge < -0.3 is 9.64 Å². The van der Waals surface area contributed by atoms with Crippen LogP contribution in [0, 0.1) is 5.82 Å². The highest BCUT2D eigenvalue weighted by Gasteiger charge is 2.27. The molecule has 4 heterocycles. The van der Waals surface area contributed by atoms with Crippen molar-refractivity contribution in [3.8, 4) is 22.8 Å². The van der Waals surface area contributed by atoms with Crippen molar-refractivity contribution in [2.24, 2.45) is 0 Å². The summed E-state index contributed by atoms with van der Waals surface area (Å²) in [6, 6.07) is 13.3. The Balaban J connectivity index is 1.31. The molecule has 1 amide bonds. The van der Waals surface area contributed by atoms with Gasteiger partial charge in [-0.3, -0.25) is 9.78 Å². The van der Waals surface area contributed by atoms with Gasteiger partial charge in [0.15, 0.2) is 0 Å². The molecule has 0 bridgehead atoms. The van der Waals surface area contributed by atoms with E-state index in [0.29, 0.717) is 30.3 Å². The number of piperidine rings is 1. The second kappa shape index (κ2) is 9.74. The van der Waals surface area contributed by atoms with E-state index in [2.05, 4.69) is 19.9 Å². The molecule has 1 aliphatic heterocycles. The molecule has 34 heavy (non-hydrogen) atoms. The van der Waals surface area contributed by atoms with E-state index in [4.69, 9.17) is 4.74 Å². The lowest BCUT2D eigenvalue weighted by Crippen LogP contribution is -2.39. The van der Waals surface area contributed by atoms with Gasteiger partial charge in [-0.15, -0.1) is 0 Å². The van der Waals surface area contributed by atoms with Gasteiger partial charge in [0.25, 0.3) is 5.91 Å². The molecule has 1 aromatic carbocycles. The maximum Gasteiger partial charge on any atom is 0.255 e. The fourth-order valence-corrected chi connectivity index (χ4v) is 4.11. The summed E-state index contributed by atoms with van der Waals surface area (Å²) in [7, 11) is 0. The van der Waals surface area contributed by atoms with Crippen molar-refractivity contribution in [2.45, 2.75) is 18.8 Å². The van der Waals surface area contributed by atoms with Gasteiger partial charge in [-0.25, -0.2) is 19.3 Å². The summed E-state index contributed by atoms with van der Waals surface area (Å²) < 4.78 is 19.2. The predicted molar refractivity (Wildman–Crippen MR) is 124 cm³/mol. The number of hydrogen-bond donors (Lipinski definition) is 0. The van der Waals surface area contributed by atoms with Crippen LogP contribution in [0.4, 0.5) is 4.39 Å². The number of likely N-dealkylation sites (tertiary alicyclic amines) is 1. The number of rotatable bonds is 5. The second-order valence-corrected chi connectivity index (χ2v) is 8.14. The monoisotopic (exact) mass is 455 g/mol. The maximum absolute atomic E-state index is 13.5. The standard InChI is InChI=1S/C26H22FN5O2/c27-22-5-1-6-23(11-22)34-25-8-2-7-24(31-25)18-4-3-9-32(16-18)26(33)20-10-19(12-28-13-20)21-14-29-17-30-15-21/h1-2,5-8,10-15,17-18H,3-4,9,16H2/t18-/m1/s1. The van der Waals surface area contributed by atoms with Crippen molar-refractivity contribution in [2.75, 3.05) is 13.1 Å². The Labute approximate surface area is 196 Å². The smallest absolute Gasteiger partial charge is 0.255 e. The summed E-state index contributed by atoms with van der Waals surface area (Å²) in [5.41, 5.74) is 2.97. The van der Waals surface area contributed by atoms with Crippen LogP contribution in [-0.2, 0) is 0 Å². The number of amides is 1.